The van der Waals surface area contributed by atoms with Crippen LogP contribution in [0.15, 0.2) is 133 Å². The Morgan fingerprint density at radius 2 is 0.802 bits per heavy atom. The molecule has 0 atom stereocenters. The van der Waals surface area contributed by atoms with E-state index in [-0.39, 0.29) is 22.8 Å². The van der Waals surface area contributed by atoms with Crippen molar-refractivity contribution in [2.75, 3.05) is 63.4 Å². The first-order valence-corrected chi connectivity index (χ1v) is 33.2. The summed E-state index contributed by atoms with van der Waals surface area (Å²) in [6, 6.07) is 37.2. The quantitative estimate of drug-likeness (QED) is 0.0656. The fourth-order valence-electron chi connectivity index (χ4n) is 8.70. The third-order valence-corrected chi connectivity index (χ3v) is 17.7. The second-order valence-electron chi connectivity index (χ2n) is 18.7. The Hall–Kier alpha value is -8.58. The summed E-state index contributed by atoms with van der Waals surface area (Å²) in [5.74, 6) is -4.73. The molecule has 6 aromatic carbocycles. The van der Waals surface area contributed by atoms with E-state index in [2.05, 4.69) is 0 Å². The number of benzene rings is 6. The molecule has 0 radical (unpaired) electrons. The summed E-state index contributed by atoms with van der Waals surface area (Å²) in [6.07, 6.45) is 0. The Morgan fingerprint density at radius 1 is 0.477 bits per heavy atom. The van der Waals surface area contributed by atoms with E-state index >= 15 is 0 Å². The van der Waals surface area contributed by atoms with Gasteiger partial charge in [-0.2, -0.15) is 0 Å². The van der Waals surface area contributed by atoms with Crippen molar-refractivity contribution >= 4 is 95.4 Å². The average molecular weight is 1290 g/mol. The number of tetrazole rings is 2. The number of ether oxygens (including phenoxy) is 2. The normalized spacial score (nSPS) is 12.2. The van der Waals surface area contributed by atoms with Crippen LogP contribution in [0.3, 0.4) is 0 Å². The standard InChI is InChI=1S/C52H46N12O16S6/c1-79-43-31-37(19-21-41(43)61-55-47(57-63(61)51-53-39-7-3-5-9-45(39)81-51)33-11-15-35(16-12-33)49(65)59(23-27-83(67,68)69)24-28-84(70,71)72)38-20-22-42(44(32-38)80-2)62-56-48(58-64(62)52-54-40-8-4-6-10-46(40)82-52)34-13-17-36(18-14-34)50(66)60(25-29-85(73,74)75)26-30-86(76,77)78/h3-22,31-32H,23-30H2,1-2H3,(H2-2,67,68,69,70,71,72,73,74,75,76,77,78)/p-2. The zero-order valence-electron chi connectivity index (χ0n) is 44.7. The molecule has 4 aromatic heterocycles. The summed E-state index contributed by atoms with van der Waals surface area (Å²) >= 11 is 2.66. The van der Waals surface area contributed by atoms with Gasteiger partial charge in [0.15, 0.2) is 11.5 Å². The van der Waals surface area contributed by atoms with E-state index in [0.29, 0.717) is 66.4 Å². The number of fused-ring (bicyclic) bond motifs is 2. The summed E-state index contributed by atoms with van der Waals surface area (Å²) in [7, 11) is -16.3. The van der Waals surface area contributed by atoms with E-state index in [9.17, 15) is 61.5 Å². The number of para-hydroxylation sites is 2. The third kappa shape index (κ3) is 14.2. The fraction of sp³-hybridized carbons (Fsp3) is 0.192. The van der Waals surface area contributed by atoms with Gasteiger partial charge in [0.05, 0.1) is 119 Å². The topological polar surface area (TPSA) is 383 Å². The average Bonchev–Trinajstić information content (AvgIpc) is 1.79. The van der Waals surface area contributed by atoms with Gasteiger partial charge in [-0.3, -0.25) is 9.59 Å². The first kappa shape index (κ1) is 60.5. The van der Waals surface area contributed by atoms with E-state index in [0.717, 1.165) is 19.2 Å². The van der Waals surface area contributed by atoms with Gasteiger partial charge in [-0.05, 0) is 140 Å². The van der Waals surface area contributed by atoms with Crippen molar-refractivity contribution in [3.8, 4) is 67.0 Å². The minimum Gasteiger partial charge on any atom is -0.748 e. The van der Waals surface area contributed by atoms with Crippen molar-refractivity contribution in [2.24, 2.45) is 0 Å². The molecule has 34 heteroatoms. The molecule has 10 rings (SSSR count). The van der Waals surface area contributed by atoms with Crippen LogP contribution in [-0.2, 0) is 40.5 Å². The van der Waals surface area contributed by atoms with E-state index in [1.807, 2.05) is 60.7 Å². The van der Waals surface area contributed by atoms with Gasteiger partial charge in [0.1, 0.15) is 0 Å². The number of carbonyl (C=O) groups is 2. The van der Waals surface area contributed by atoms with Crippen LogP contribution in [-0.4, -0.2) is 177 Å². The van der Waals surface area contributed by atoms with Crippen LogP contribution in [0.25, 0.3) is 76.0 Å². The maximum Gasteiger partial charge on any atom is 0.340 e. The minimum absolute atomic E-state index is 0.0132. The maximum absolute atomic E-state index is 13.5. The third-order valence-electron chi connectivity index (χ3n) is 12.9. The SMILES string of the molecule is COc1cc(-c2ccc(-[n+]3nc(-c4ccc(C(=O)N(CCS(=O)(=O)[O-])CCS(=O)(=O)[O-])cc4)nn3-c3nc4ccccc4s3)c(OC)c2)ccc1-[n+]1nc(-c2ccc(C(=O)N(CCS(=O)(=O)[O-])CCS(=O)(=O)[O-])cc2)nn1-c1nc2ccccc2s1. The highest BCUT2D eigenvalue weighted by atomic mass is 32.2. The summed E-state index contributed by atoms with van der Waals surface area (Å²) in [5, 5.41) is 20.2. The second kappa shape index (κ2) is 24.4. The lowest BCUT2D eigenvalue weighted by Gasteiger charge is -2.24. The summed E-state index contributed by atoms with van der Waals surface area (Å²) in [4.78, 5) is 44.2. The number of thiazole rings is 2. The van der Waals surface area contributed by atoms with E-state index in [4.69, 9.17) is 39.8 Å². The molecule has 4 heterocycles. The van der Waals surface area contributed by atoms with E-state index in [1.54, 1.807) is 24.3 Å². The fourth-order valence-corrected chi connectivity index (χ4v) is 12.3. The molecule has 0 spiro atoms. The predicted molar refractivity (Wildman–Crippen MR) is 305 cm³/mol. The van der Waals surface area contributed by atoms with Gasteiger partial charge in [-0.15, -0.1) is 0 Å². The molecular formula is C52H44N12O16S6-2. The highest BCUT2D eigenvalue weighted by Crippen LogP contribution is 2.34. The molecule has 0 saturated heterocycles. The number of hydrogen-bond donors (Lipinski definition) is 0. The van der Waals surface area contributed by atoms with Crippen molar-refractivity contribution in [3.63, 3.8) is 0 Å². The molecule has 0 aliphatic rings. The number of hydrogen-bond acceptors (Lipinski definition) is 24. The zero-order chi connectivity index (χ0) is 61.3. The molecule has 0 fully saturated rings. The lowest BCUT2D eigenvalue weighted by atomic mass is 10.0. The van der Waals surface area contributed by atoms with Crippen LogP contribution in [0.5, 0.6) is 11.5 Å². The van der Waals surface area contributed by atoms with Crippen LogP contribution >= 0.6 is 22.7 Å². The number of methoxy groups -OCH3 is 2. The Kier molecular flexibility index (Phi) is 17.2. The predicted octanol–water partition coefficient (Wildman–Crippen LogP) is 2.70. The summed E-state index contributed by atoms with van der Waals surface area (Å²) in [6.45, 7) is -2.61. The molecule has 2 amide bonds. The lowest BCUT2D eigenvalue weighted by molar-refractivity contribution is -0.734. The minimum atomic E-state index is -4.81. The molecule has 0 aliphatic heterocycles. The Bertz CT molecular complexity index is 4280. The molecule has 446 valence electrons. The molecule has 0 aliphatic carbocycles. The highest BCUT2D eigenvalue weighted by molar-refractivity contribution is 7.86. The Balaban J connectivity index is 0.984. The van der Waals surface area contributed by atoms with Crippen molar-refractivity contribution < 1.29 is 80.5 Å². The number of amides is 2. The highest BCUT2D eigenvalue weighted by Gasteiger charge is 2.32. The van der Waals surface area contributed by atoms with E-state index < -0.39 is 101 Å². The molecule has 0 saturated carbocycles. The van der Waals surface area contributed by atoms with Crippen molar-refractivity contribution in [2.45, 2.75) is 0 Å². The molecule has 0 unspecified atom stereocenters. The molecule has 0 N–H and O–H groups in total. The molecule has 86 heavy (non-hydrogen) atoms. The second-order valence-corrected chi connectivity index (χ2v) is 26.8. The van der Waals surface area contributed by atoms with E-state index in [1.165, 1.54) is 105 Å². The van der Waals surface area contributed by atoms with Crippen LogP contribution in [0.4, 0.5) is 0 Å². The largest absolute Gasteiger partial charge is 0.748 e. The van der Waals surface area contributed by atoms with Crippen LogP contribution < -0.4 is 19.1 Å². The van der Waals surface area contributed by atoms with Crippen molar-refractivity contribution in [1.82, 2.24) is 49.8 Å². The maximum atomic E-state index is 13.5. The number of nitrogens with zero attached hydrogens (tertiary/aromatic N) is 12. The number of carbonyl (C=O) groups excluding carboxylic acids is 2. The van der Waals surface area contributed by atoms with Gasteiger partial charge in [-0.1, -0.05) is 46.9 Å². The van der Waals surface area contributed by atoms with Crippen LogP contribution in [0.1, 0.15) is 20.7 Å². The Morgan fingerprint density at radius 3 is 1.12 bits per heavy atom. The number of aromatic nitrogens is 10. The zero-order valence-corrected chi connectivity index (χ0v) is 49.6. The van der Waals surface area contributed by atoms with Gasteiger partial charge in [0.2, 0.25) is 11.4 Å². The summed E-state index contributed by atoms with van der Waals surface area (Å²) < 4.78 is 151. The molecule has 28 nitrogen and oxygen atoms in total. The molecule has 10 aromatic rings. The first-order valence-electron chi connectivity index (χ1n) is 25.2. The number of rotatable bonds is 23. The lowest BCUT2D eigenvalue weighted by Crippen LogP contribution is -2.43. The smallest absolute Gasteiger partial charge is 0.340 e. The van der Waals surface area contributed by atoms with Crippen LogP contribution in [0.2, 0.25) is 0 Å². The molecular weight excluding hydrogens is 1240 g/mol. The first-order chi connectivity index (χ1) is 40.8. The van der Waals surface area contributed by atoms with Gasteiger partial charge < -0.3 is 37.5 Å². The van der Waals surface area contributed by atoms with Crippen molar-refractivity contribution in [3.05, 3.63) is 145 Å². The molecule has 0 bridgehead atoms. The van der Waals surface area contributed by atoms with Gasteiger partial charge in [-0.25, -0.2) is 43.6 Å². The monoisotopic (exact) mass is 1280 g/mol. The Labute approximate surface area is 497 Å². The van der Waals surface area contributed by atoms with Gasteiger partial charge in [0, 0.05) is 46.9 Å². The van der Waals surface area contributed by atoms with Crippen LogP contribution in [0, 0.1) is 0 Å². The van der Waals surface area contributed by atoms with Crippen molar-refractivity contribution in [1.29, 1.82) is 0 Å². The van der Waals surface area contributed by atoms with Gasteiger partial charge in [0.25, 0.3) is 22.1 Å². The summed E-state index contributed by atoms with van der Waals surface area (Å²) in [5.41, 5.74) is 4.29. The van der Waals surface area contributed by atoms with Gasteiger partial charge >= 0.3 is 11.6 Å².